The van der Waals surface area contributed by atoms with Crippen LogP contribution in [0.5, 0.6) is 0 Å². The average molecular weight is 222 g/mol. The molecule has 15 heavy (non-hydrogen) atoms. The summed E-state index contributed by atoms with van der Waals surface area (Å²) in [7, 11) is 2.10. The van der Waals surface area contributed by atoms with Crippen molar-refractivity contribution in [3.63, 3.8) is 0 Å². The van der Waals surface area contributed by atoms with E-state index in [1.165, 1.54) is 4.88 Å². The van der Waals surface area contributed by atoms with E-state index in [2.05, 4.69) is 35.5 Å². The molecule has 3 heteroatoms. The maximum Gasteiger partial charge on any atom is 0.0684 e. The number of hydrogen-bond acceptors (Lipinski definition) is 3. The molecule has 1 aromatic heterocycles. The Hall–Kier alpha value is -0.850. The molecular weight excluding hydrogens is 204 g/mol. The maximum absolute atomic E-state index is 8.90. The van der Waals surface area contributed by atoms with Crippen LogP contribution in [0.15, 0.2) is 17.5 Å². The molecule has 0 N–H and O–H groups in total. The quantitative estimate of drug-likeness (QED) is 0.765. The Balaban J connectivity index is 2.32. The Morgan fingerprint density at radius 2 is 2.27 bits per heavy atom. The zero-order valence-electron chi connectivity index (χ0n) is 9.66. The zero-order valence-corrected chi connectivity index (χ0v) is 10.5. The maximum atomic E-state index is 8.90. The molecule has 1 aromatic rings. The lowest BCUT2D eigenvalue weighted by Gasteiger charge is -2.21. The first-order chi connectivity index (χ1) is 7.03. The largest absolute Gasteiger partial charge is 0.301 e. The monoisotopic (exact) mass is 222 g/mol. The van der Waals surface area contributed by atoms with Gasteiger partial charge in [0.1, 0.15) is 0 Å². The molecule has 0 saturated carbocycles. The summed E-state index contributed by atoms with van der Waals surface area (Å²) in [5, 5.41) is 11.0. The molecule has 1 heterocycles. The van der Waals surface area contributed by atoms with Gasteiger partial charge in [0.15, 0.2) is 0 Å². The van der Waals surface area contributed by atoms with Crippen molar-refractivity contribution in [2.45, 2.75) is 26.8 Å². The predicted molar refractivity (Wildman–Crippen MR) is 64.7 cm³/mol. The summed E-state index contributed by atoms with van der Waals surface area (Å²) in [6, 6.07) is 6.56. The van der Waals surface area contributed by atoms with Crippen LogP contribution in [0.3, 0.4) is 0 Å². The minimum atomic E-state index is -0.205. The molecule has 0 bridgehead atoms. The van der Waals surface area contributed by atoms with Crippen molar-refractivity contribution in [3.05, 3.63) is 22.4 Å². The third-order valence-corrected chi connectivity index (χ3v) is 3.29. The van der Waals surface area contributed by atoms with Crippen LogP contribution in [0.4, 0.5) is 0 Å². The third-order valence-electron chi connectivity index (χ3n) is 2.43. The smallest absolute Gasteiger partial charge is 0.0684 e. The lowest BCUT2D eigenvalue weighted by molar-refractivity contribution is 0.282. The SMILES string of the molecule is CN(CCC(C)(C)C#N)Cc1cccs1. The summed E-state index contributed by atoms with van der Waals surface area (Å²) in [6.07, 6.45) is 0.922. The second-order valence-electron chi connectivity index (χ2n) is 4.56. The van der Waals surface area contributed by atoms with Crippen LogP contribution >= 0.6 is 11.3 Å². The van der Waals surface area contributed by atoms with Crippen LogP contribution in [0, 0.1) is 16.7 Å². The predicted octanol–water partition coefficient (Wildman–Crippen LogP) is 3.12. The topological polar surface area (TPSA) is 27.0 Å². The lowest BCUT2D eigenvalue weighted by atomic mass is 9.91. The van der Waals surface area contributed by atoms with E-state index in [1.807, 2.05) is 13.8 Å². The van der Waals surface area contributed by atoms with Crippen LogP contribution in [0.25, 0.3) is 0 Å². The molecule has 0 aliphatic carbocycles. The highest BCUT2D eigenvalue weighted by Gasteiger charge is 2.17. The van der Waals surface area contributed by atoms with Crippen LogP contribution in [-0.2, 0) is 6.54 Å². The van der Waals surface area contributed by atoms with Gasteiger partial charge in [-0.1, -0.05) is 6.07 Å². The third kappa shape index (κ3) is 4.46. The molecule has 0 spiro atoms. The Kier molecular flexibility index (Phi) is 4.31. The molecular formula is C12H18N2S. The molecule has 1 rings (SSSR count). The van der Waals surface area contributed by atoms with Crippen LogP contribution in [-0.4, -0.2) is 18.5 Å². The Bertz CT molecular complexity index is 322. The lowest BCUT2D eigenvalue weighted by Crippen LogP contribution is -2.23. The van der Waals surface area contributed by atoms with Gasteiger partial charge in [-0.15, -0.1) is 11.3 Å². The first-order valence-corrected chi connectivity index (χ1v) is 6.04. The second-order valence-corrected chi connectivity index (χ2v) is 5.60. The highest BCUT2D eigenvalue weighted by atomic mass is 32.1. The van der Waals surface area contributed by atoms with E-state index in [-0.39, 0.29) is 5.41 Å². The Morgan fingerprint density at radius 3 is 2.80 bits per heavy atom. The van der Waals surface area contributed by atoms with Crippen molar-refractivity contribution >= 4 is 11.3 Å². The molecule has 0 fully saturated rings. The van der Waals surface area contributed by atoms with Gasteiger partial charge in [-0.3, -0.25) is 0 Å². The van der Waals surface area contributed by atoms with Gasteiger partial charge in [0.05, 0.1) is 11.5 Å². The highest BCUT2D eigenvalue weighted by molar-refractivity contribution is 7.09. The fourth-order valence-electron chi connectivity index (χ4n) is 1.27. The van der Waals surface area contributed by atoms with Gasteiger partial charge in [0, 0.05) is 11.4 Å². The van der Waals surface area contributed by atoms with Gasteiger partial charge in [0.2, 0.25) is 0 Å². The number of hydrogen-bond donors (Lipinski definition) is 0. The van der Waals surface area contributed by atoms with E-state index in [1.54, 1.807) is 11.3 Å². The van der Waals surface area contributed by atoms with Crippen molar-refractivity contribution in [3.8, 4) is 6.07 Å². The van der Waals surface area contributed by atoms with E-state index < -0.39 is 0 Å². The minimum Gasteiger partial charge on any atom is -0.301 e. The van der Waals surface area contributed by atoms with Crippen molar-refractivity contribution in [2.24, 2.45) is 5.41 Å². The minimum absolute atomic E-state index is 0.205. The molecule has 82 valence electrons. The summed E-state index contributed by atoms with van der Waals surface area (Å²) in [6.45, 7) is 5.94. The molecule has 0 aliphatic heterocycles. The van der Waals surface area contributed by atoms with Crippen LogP contribution < -0.4 is 0 Å². The van der Waals surface area contributed by atoms with Crippen molar-refractivity contribution < 1.29 is 0 Å². The molecule has 0 unspecified atom stereocenters. The molecule has 0 aromatic carbocycles. The fraction of sp³-hybridized carbons (Fsp3) is 0.583. The molecule has 0 radical (unpaired) electrons. The van der Waals surface area contributed by atoms with Gasteiger partial charge in [0.25, 0.3) is 0 Å². The summed E-state index contributed by atoms with van der Waals surface area (Å²) >= 11 is 1.78. The molecule has 0 atom stereocenters. The van der Waals surface area contributed by atoms with E-state index >= 15 is 0 Å². The molecule has 0 aliphatic rings. The molecule has 0 saturated heterocycles. The zero-order chi connectivity index (χ0) is 11.3. The first-order valence-electron chi connectivity index (χ1n) is 5.16. The Morgan fingerprint density at radius 1 is 1.53 bits per heavy atom. The summed E-state index contributed by atoms with van der Waals surface area (Å²) < 4.78 is 0. The number of rotatable bonds is 5. The summed E-state index contributed by atoms with van der Waals surface area (Å²) in [5.74, 6) is 0. The second kappa shape index (κ2) is 5.29. The standard InChI is InChI=1S/C12H18N2S/c1-12(2,10-13)6-7-14(3)9-11-5-4-8-15-11/h4-5,8H,6-7,9H2,1-3H3. The summed E-state index contributed by atoms with van der Waals surface area (Å²) in [5.41, 5.74) is -0.205. The Labute approximate surface area is 96.1 Å². The van der Waals surface area contributed by atoms with Crippen LogP contribution in [0.1, 0.15) is 25.1 Å². The molecule has 2 nitrogen and oxygen atoms in total. The first kappa shape index (κ1) is 12.2. The summed E-state index contributed by atoms with van der Waals surface area (Å²) in [4.78, 5) is 3.65. The number of nitrogens with zero attached hydrogens (tertiary/aromatic N) is 2. The van der Waals surface area contributed by atoms with Gasteiger partial charge < -0.3 is 4.90 Å². The molecule has 0 amide bonds. The average Bonchev–Trinajstić information content (AvgIpc) is 2.68. The van der Waals surface area contributed by atoms with Crippen molar-refractivity contribution in [1.82, 2.24) is 4.90 Å². The van der Waals surface area contributed by atoms with Gasteiger partial charge in [-0.05, 0) is 45.3 Å². The normalized spacial score (nSPS) is 11.7. The number of thiophene rings is 1. The van der Waals surface area contributed by atoms with Gasteiger partial charge in [-0.25, -0.2) is 0 Å². The van der Waals surface area contributed by atoms with E-state index in [0.29, 0.717) is 0 Å². The van der Waals surface area contributed by atoms with Crippen LogP contribution in [0.2, 0.25) is 0 Å². The fourth-order valence-corrected chi connectivity index (χ4v) is 2.06. The number of nitriles is 1. The van der Waals surface area contributed by atoms with Crippen molar-refractivity contribution in [1.29, 1.82) is 5.26 Å². The van der Waals surface area contributed by atoms with Gasteiger partial charge >= 0.3 is 0 Å². The van der Waals surface area contributed by atoms with E-state index in [0.717, 1.165) is 19.5 Å². The van der Waals surface area contributed by atoms with E-state index in [4.69, 9.17) is 5.26 Å². The highest BCUT2D eigenvalue weighted by Crippen LogP contribution is 2.19. The van der Waals surface area contributed by atoms with Gasteiger partial charge in [-0.2, -0.15) is 5.26 Å². The van der Waals surface area contributed by atoms with Crippen molar-refractivity contribution in [2.75, 3.05) is 13.6 Å². The van der Waals surface area contributed by atoms with E-state index in [9.17, 15) is 0 Å².